The van der Waals surface area contributed by atoms with Gasteiger partial charge in [-0.15, -0.1) is 0 Å². The van der Waals surface area contributed by atoms with Gasteiger partial charge >= 0.3 is 6.09 Å². The van der Waals surface area contributed by atoms with Crippen LogP contribution in [-0.2, 0) is 20.9 Å². The van der Waals surface area contributed by atoms with E-state index in [0.29, 0.717) is 17.0 Å². The smallest absolute Gasteiger partial charge is 0.407 e. The lowest BCUT2D eigenvalue weighted by atomic mass is 10.1. The number of imide groups is 1. The Morgan fingerprint density at radius 1 is 1.15 bits per heavy atom. The summed E-state index contributed by atoms with van der Waals surface area (Å²) in [5.74, 6) is -0.730. The predicted molar refractivity (Wildman–Crippen MR) is 146 cm³/mol. The minimum Gasteiger partial charge on any atom is -0.496 e. The van der Waals surface area contributed by atoms with E-state index in [1.165, 1.54) is 11.7 Å². The topological polar surface area (TPSA) is 158 Å². The van der Waals surface area contributed by atoms with E-state index in [1.807, 2.05) is 0 Å². The molecular formula is C28H31N5O7. The largest absolute Gasteiger partial charge is 0.496 e. The Labute approximate surface area is 230 Å². The first kappa shape index (κ1) is 28.3. The molecule has 12 heteroatoms. The van der Waals surface area contributed by atoms with Gasteiger partial charge in [-0.25, -0.2) is 9.78 Å². The molecule has 0 spiro atoms. The van der Waals surface area contributed by atoms with Gasteiger partial charge in [-0.1, -0.05) is 12.1 Å². The Bertz CT molecular complexity index is 1570. The van der Waals surface area contributed by atoms with Gasteiger partial charge in [0.05, 0.1) is 18.2 Å². The van der Waals surface area contributed by atoms with Gasteiger partial charge in [0, 0.05) is 24.1 Å². The molecule has 0 bridgehead atoms. The first-order chi connectivity index (χ1) is 18.9. The number of rotatable bonds is 6. The van der Waals surface area contributed by atoms with Crippen molar-refractivity contribution in [3.8, 4) is 5.75 Å². The van der Waals surface area contributed by atoms with Crippen molar-refractivity contribution < 1.29 is 28.7 Å². The molecule has 1 fully saturated rings. The van der Waals surface area contributed by atoms with E-state index in [-0.39, 0.29) is 47.6 Å². The summed E-state index contributed by atoms with van der Waals surface area (Å²) in [7, 11) is 1.46. The Hall–Kier alpha value is -4.74. The van der Waals surface area contributed by atoms with Crippen molar-refractivity contribution in [3.05, 3.63) is 63.7 Å². The zero-order chi connectivity index (χ0) is 29.2. The second kappa shape index (κ2) is 11.2. The molecule has 1 aromatic heterocycles. The summed E-state index contributed by atoms with van der Waals surface area (Å²) in [6.07, 6.45) is -0.262. The van der Waals surface area contributed by atoms with Crippen LogP contribution in [0.5, 0.6) is 5.75 Å². The van der Waals surface area contributed by atoms with Crippen molar-refractivity contribution in [2.45, 2.75) is 58.7 Å². The minimum absolute atomic E-state index is 0.121. The average Bonchev–Trinajstić information content (AvgIpc) is 2.88. The van der Waals surface area contributed by atoms with Crippen LogP contribution >= 0.6 is 0 Å². The van der Waals surface area contributed by atoms with E-state index in [4.69, 9.17) is 9.47 Å². The van der Waals surface area contributed by atoms with Crippen LogP contribution in [0.3, 0.4) is 0 Å². The number of alkyl carbamates (subject to hydrolysis) is 1. The number of nitrogens with one attached hydrogen (secondary N) is 3. The summed E-state index contributed by atoms with van der Waals surface area (Å²) in [6, 6.07) is 8.74. The highest BCUT2D eigenvalue weighted by atomic mass is 16.6. The fourth-order valence-corrected chi connectivity index (χ4v) is 4.43. The molecule has 4 rings (SSSR count). The molecule has 1 aliphatic rings. The van der Waals surface area contributed by atoms with Crippen molar-refractivity contribution >= 4 is 40.4 Å². The van der Waals surface area contributed by atoms with Crippen molar-refractivity contribution in [2.75, 3.05) is 12.4 Å². The quantitative estimate of drug-likeness (QED) is 0.396. The zero-order valence-corrected chi connectivity index (χ0v) is 22.9. The van der Waals surface area contributed by atoms with Crippen molar-refractivity contribution in [3.63, 3.8) is 0 Å². The highest BCUT2D eigenvalue weighted by Gasteiger charge is 2.30. The number of ether oxygens (including phenoxy) is 2. The number of methoxy groups -OCH3 is 1. The molecule has 0 aliphatic carbocycles. The number of para-hydroxylation sites is 1. The van der Waals surface area contributed by atoms with Crippen LogP contribution in [0.15, 0.2) is 41.2 Å². The van der Waals surface area contributed by atoms with E-state index >= 15 is 0 Å². The SMILES string of the molecule is COc1cc(C(=O)Nc2cccc3c(=O)n(C4CCC(=O)NC4=O)c(C)nc23)ccc1CNC(=O)OC(C)(C)C. The number of nitrogens with zero attached hydrogens (tertiary/aromatic N) is 2. The molecule has 2 heterocycles. The molecule has 12 nitrogen and oxygen atoms in total. The molecule has 0 saturated carbocycles. The molecular weight excluding hydrogens is 518 g/mol. The maximum Gasteiger partial charge on any atom is 0.407 e. The van der Waals surface area contributed by atoms with Gasteiger partial charge in [0.25, 0.3) is 11.5 Å². The summed E-state index contributed by atoms with van der Waals surface area (Å²) in [6.45, 7) is 7.02. The monoisotopic (exact) mass is 549 g/mol. The number of aromatic nitrogens is 2. The van der Waals surface area contributed by atoms with E-state index in [1.54, 1.807) is 64.1 Å². The van der Waals surface area contributed by atoms with Gasteiger partial charge in [-0.3, -0.25) is 29.1 Å². The summed E-state index contributed by atoms with van der Waals surface area (Å²) >= 11 is 0. The van der Waals surface area contributed by atoms with E-state index in [2.05, 4.69) is 20.9 Å². The number of hydrogen-bond donors (Lipinski definition) is 3. The average molecular weight is 550 g/mol. The Morgan fingerprint density at radius 3 is 2.58 bits per heavy atom. The highest BCUT2D eigenvalue weighted by molar-refractivity contribution is 6.08. The van der Waals surface area contributed by atoms with Crippen LogP contribution in [0.4, 0.5) is 10.5 Å². The molecule has 1 atom stereocenters. The van der Waals surface area contributed by atoms with E-state index in [9.17, 15) is 24.0 Å². The molecule has 0 radical (unpaired) electrons. The number of carbonyl (C=O) groups excluding carboxylic acids is 4. The third-order valence-corrected chi connectivity index (χ3v) is 6.25. The van der Waals surface area contributed by atoms with Gasteiger partial charge in [-0.05, 0) is 58.4 Å². The van der Waals surface area contributed by atoms with Gasteiger partial charge in [-0.2, -0.15) is 0 Å². The Balaban J connectivity index is 1.57. The summed E-state index contributed by atoms with van der Waals surface area (Å²) < 4.78 is 12.0. The van der Waals surface area contributed by atoms with Gasteiger partial charge in [0.15, 0.2) is 0 Å². The number of aryl methyl sites for hydroxylation is 1. The van der Waals surface area contributed by atoms with Crippen LogP contribution < -0.4 is 26.2 Å². The third-order valence-electron chi connectivity index (χ3n) is 6.25. The predicted octanol–water partition coefficient (Wildman–Crippen LogP) is 2.97. The number of piperidine rings is 1. The maximum atomic E-state index is 13.4. The number of benzene rings is 2. The highest BCUT2D eigenvalue weighted by Crippen LogP contribution is 2.25. The summed E-state index contributed by atoms with van der Waals surface area (Å²) in [5.41, 5.74) is 0.421. The number of amides is 4. The third kappa shape index (κ3) is 6.11. The van der Waals surface area contributed by atoms with Crippen molar-refractivity contribution in [2.24, 2.45) is 0 Å². The van der Waals surface area contributed by atoms with E-state index in [0.717, 1.165) is 0 Å². The van der Waals surface area contributed by atoms with Crippen LogP contribution in [0.1, 0.15) is 61.4 Å². The van der Waals surface area contributed by atoms with Gasteiger partial charge in [0.1, 0.15) is 28.7 Å². The molecule has 40 heavy (non-hydrogen) atoms. The number of anilines is 1. The molecule has 210 valence electrons. The first-order valence-corrected chi connectivity index (χ1v) is 12.7. The number of fused-ring (bicyclic) bond motifs is 1. The fourth-order valence-electron chi connectivity index (χ4n) is 4.43. The van der Waals surface area contributed by atoms with Crippen molar-refractivity contribution in [1.29, 1.82) is 0 Å². The zero-order valence-electron chi connectivity index (χ0n) is 22.9. The lowest BCUT2D eigenvalue weighted by molar-refractivity contribution is -0.135. The Kier molecular flexibility index (Phi) is 7.89. The molecule has 2 aromatic carbocycles. The molecule has 1 aliphatic heterocycles. The molecule has 3 aromatic rings. The van der Waals surface area contributed by atoms with Crippen LogP contribution in [-0.4, -0.2) is 46.1 Å². The summed E-state index contributed by atoms with van der Waals surface area (Å²) in [5, 5.41) is 7.94. The first-order valence-electron chi connectivity index (χ1n) is 12.7. The number of hydrogen-bond acceptors (Lipinski definition) is 8. The molecule has 4 amide bonds. The van der Waals surface area contributed by atoms with Gasteiger partial charge in [0.2, 0.25) is 11.8 Å². The summed E-state index contributed by atoms with van der Waals surface area (Å²) in [4.78, 5) is 67.0. The normalized spacial score (nSPS) is 15.4. The minimum atomic E-state index is -0.851. The molecule has 1 saturated heterocycles. The molecule has 3 N–H and O–H groups in total. The van der Waals surface area contributed by atoms with Crippen LogP contribution in [0.25, 0.3) is 10.9 Å². The second-order valence-electron chi connectivity index (χ2n) is 10.3. The standard InChI is InChI=1S/C28H31N5O7/c1-15-30-23-18(26(37)33(15)20-11-12-22(34)32-25(20)36)7-6-8-19(23)31-24(35)16-9-10-17(21(13-16)39-5)14-29-27(38)40-28(2,3)4/h6-10,13,20H,11-12,14H2,1-5H3,(H,29,38)(H,31,35)(H,32,34,36). The maximum absolute atomic E-state index is 13.4. The lowest BCUT2D eigenvalue weighted by Crippen LogP contribution is -2.45. The fraction of sp³-hybridized carbons (Fsp3) is 0.357. The Morgan fingerprint density at radius 2 is 1.90 bits per heavy atom. The van der Waals surface area contributed by atoms with E-state index < -0.39 is 35.1 Å². The second-order valence-corrected chi connectivity index (χ2v) is 10.3. The molecule has 1 unspecified atom stereocenters. The lowest BCUT2D eigenvalue weighted by Gasteiger charge is -2.24. The van der Waals surface area contributed by atoms with Crippen LogP contribution in [0, 0.1) is 6.92 Å². The van der Waals surface area contributed by atoms with Crippen LogP contribution in [0.2, 0.25) is 0 Å². The van der Waals surface area contributed by atoms with Crippen molar-refractivity contribution in [1.82, 2.24) is 20.2 Å². The van der Waals surface area contributed by atoms with Gasteiger partial charge < -0.3 is 20.1 Å². The number of carbonyl (C=O) groups is 4.